The Hall–Kier alpha value is 1.17. The SMILES string of the molecule is C[O-].C[O-].C[O-].[Tb+3]. The average Bonchev–Trinajstić information content (AvgIpc) is 1.81. The van der Waals surface area contributed by atoms with Crippen molar-refractivity contribution in [1.29, 1.82) is 0 Å². The summed E-state index contributed by atoms with van der Waals surface area (Å²) < 4.78 is 0. The summed E-state index contributed by atoms with van der Waals surface area (Å²) in [5.74, 6) is 0. The molecule has 48 valence electrons. The van der Waals surface area contributed by atoms with Crippen molar-refractivity contribution >= 4 is 0 Å². The zero-order valence-electron chi connectivity index (χ0n) is 4.56. The van der Waals surface area contributed by atoms with E-state index in [0.29, 0.717) is 0 Å². The van der Waals surface area contributed by atoms with Crippen molar-refractivity contribution in [3.63, 3.8) is 0 Å². The van der Waals surface area contributed by atoms with Crippen molar-refractivity contribution in [3.8, 4) is 0 Å². The van der Waals surface area contributed by atoms with E-state index in [-0.39, 0.29) is 38.6 Å². The summed E-state index contributed by atoms with van der Waals surface area (Å²) >= 11 is 0. The standard InChI is InChI=1S/3CH3O.Tb/c3*1-2;/h3*1H3;/q3*-1;+3. The fourth-order valence-electron chi connectivity index (χ4n) is 0. The van der Waals surface area contributed by atoms with Gasteiger partial charge in [0.25, 0.3) is 0 Å². The second kappa shape index (κ2) is 200. The fraction of sp³-hybridized carbons (Fsp3) is 1.00. The van der Waals surface area contributed by atoms with E-state index in [2.05, 4.69) is 0 Å². The Morgan fingerprint density at radius 1 is 0.571 bits per heavy atom. The monoisotopic (exact) mass is 252 g/mol. The molecule has 0 aromatic heterocycles. The Bertz CT molecular complexity index is 10.1. The third-order valence-corrected chi connectivity index (χ3v) is 0. The van der Waals surface area contributed by atoms with Crippen LogP contribution in [0.15, 0.2) is 0 Å². The maximum atomic E-state index is 8.25. The van der Waals surface area contributed by atoms with Gasteiger partial charge in [0.2, 0.25) is 0 Å². The van der Waals surface area contributed by atoms with Crippen molar-refractivity contribution in [3.05, 3.63) is 0 Å². The van der Waals surface area contributed by atoms with Crippen LogP contribution in [0.4, 0.5) is 0 Å². The number of hydrogen-bond acceptors (Lipinski definition) is 3. The Balaban J connectivity index is -0.00000000900. The van der Waals surface area contributed by atoms with Gasteiger partial charge in [-0.15, -0.1) is 0 Å². The van der Waals surface area contributed by atoms with Crippen molar-refractivity contribution in [2.45, 2.75) is 0 Å². The van der Waals surface area contributed by atoms with E-state index >= 15 is 0 Å². The third-order valence-electron chi connectivity index (χ3n) is 0. The minimum absolute atomic E-state index is 0. The Labute approximate surface area is 74.8 Å². The van der Waals surface area contributed by atoms with E-state index in [1.807, 2.05) is 0 Å². The summed E-state index contributed by atoms with van der Waals surface area (Å²) in [6, 6.07) is 0. The molecule has 7 heavy (non-hydrogen) atoms. The summed E-state index contributed by atoms with van der Waals surface area (Å²) in [6.07, 6.45) is 0. The van der Waals surface area contributed by atoms with Gasteiger partial charge in [0.05, 0.1) is 0 Å². The van der Waals surface area contributed by atoms with Crippen LogP contribution in [0.1, 0.15) is 0 Å². The molecule has 0 N–H and O–H groups in total. The largest absolute Gasteiger partial charge is 3.00 e. The van der Waals surface area contributed by atoms with Gasteiger partial charge in [0, 0.05) is 0 Å². The summed E-state index contributed by atoms with van der Waals surface area (Å²) in [7, 11) is 2.25. The van der Waals surface area contributed by atoms with Crippen molar-refractivity contribution in [2.24, 2.45) is 0 Å². The first-order valence-electron chi connectivity index (χ1n) is 1.22. The topological polar surface area (TPSA) is 69.2 Å². The molecule has 0 aliphatic carbocycles. The molecule has 0 bridgehead atoms. The second-order valence-corrected chi connectivity index (χ2v) is 0. The van der Waals surface area contributed by atoms with Gasteiger partial charge in [0.1, 0.15) is 0 Å². The summed E-state index contributed by atoms with van der Waals surface area (Å²) in [5, 5.41) is 24.8. The van der Waals surface area contributed by atoms with E-state index in [1.165, 1.54) is 0 Å². The molecule has 0 heterocycles. The van der Waals surface area contributed by atoms with Crippen LogP contribution < -0.4 is 15.3 Å². The minimum Gasteiger partial charge on any atom is -0.857 e. The second-order valence-electron chi connectivity index (χ2n) is 0. The Morgan fingerprint density at radius 2 is 0.571 bits per heavy atom. The van der Waals surface area contributed by atoms with Crippen LogP contribution in [0, 0.1) is 38.6 Å². The minimum atomic E-state index is 0. The van der Waals surface area contributed by atoms with Gasteiger partial charge in [-0.2, -0.15) is 21.3 Å². The molecule has 0 atom stereocenters. The van der Waals surface area contributed by atoms with E-state index in [4.69, 9.17) is 15.3 Å². The first-order valence-corrected chi connectivity index (χ1v) is 1.22. The van der Waals surface area contributed by atoms with E-state index in [1.54, 1.807) is 0 Å². The van der Waals surface area contributed by atoms with Gasteiger partial charge in [-0.1, -0.05) is 0 Å². The van der Waals surface area contributed by atoms with Crippen molar-refractivity contribution in [1.82, 2.24) is 0 Å². The summed E-state index contributed by atoms with van der Waals surface area (Å²) in [6.45, 7) is 0. The maximum Gasteiger partial charge on any atom is 3.00 e. The molecule has 3 nitrogen and oxygen atoms in total. The van der Waals surface area contributed by atoms with E-state index in [0.717, 1.165) is 21.3 Å². The first kappa shape index (κ1) is 24.2. The van der Waals surface area contributed by atoms with Crippen molar-refractivity contribution < 1.29 is 53.9 Å². The molecule has 0 aromatic rings. The van der Waals surface area contributed by atoms with Crippen LogP contribution in [0.2, 0.25) is 0 Å². The quantitative estimate of drug-likeness (QED) is 0.459. The van der Waals surface area contributed by atoms with E-state index in [9.17, 15) is 0 Å². The zero-order chi connectivity index (χ0) is 6.00. The van der Waals surface area contributed by atoms with Gasteiger partial charge < -0.3 is 15.3 Å². The van der Waals surface area contributed by atoms with Crippen LogP contribution in [0.25, 0.3) is 0 Å². The van der Waals surface area contributed by atoms with Gasteiger partial charge in [0.15, 0.2) is 0 Å². The average molecular weight is 252 g/mol. The number of rotatable bonds is 0. The molecule has 0 aromatic carbocycles. The molecule has 0 spiro atoms. The molecule has 0 rings (SSSR count). The third kappa shape index (κ3) is 141. The maximum absolute atomic E-state index is 8.25. The molecular weight excluding hydrogens is 243 g/mol. The Morgan fingerprint density at radius 3 is 0.571 bits per heavy atom. The van der Waals surface area contributed by atoms with Gasteiger partial charge >= 0.3 is 38.6 Å². The number of hydrogen-bond donors (Lipinski definition) is 0. The van der Waals surface area contributed by atoms with Crippen LogP contribution in [-0.4, -0.2) is 21.3 Å². The van der Waals surface area contributed by atoms with Crippen LogP contribution in [0.5, 0.6) is 0 Å². The molecular formula is C3H9O3Tb. The molecule has 0 aliphatic rings. The molecule has 0 saturated carbocycles. The van der Waals surface area contributed by atoms with E-state index < -0.39 is 0 Å². The molecule has 0 saturated heterocycles. The van der Waals surface area contributed by atoms with Crippen LogP contribution in [0.3, 0.4) is 0 Å². The smallest absolute Gasteiger partial charge is 0.857 e. The molecule has 0 amide bonds. The Kier molecular flexibility index (Phi) is 692. The molecule has 0 aliphatic heterocycles. The predicted octanol–water partition coefficient (Wildman–Crippen LogP) is -3.07. The summed E-state index contributed by atoms with van der Waals surface area (Å²) in [4.78, 5) is 0. The summed E-state index contributed by atoms with van der Waals surface area (Å²) in [5.41, 5.74) is 0. The normalized spacial score (nSPS) is 2.57. The molecule has 4 heteroatoms. The zero-order valence-corrected chi connectivity index (χ0v) is 6.70. The van der Waals surface area contributed by atoms with Crippen molar-refractivity contribution in [2.75, 3.05) is 21.3 Å². The molecule has 0 radical (unpaired) electrons. The fourth-order valence-corrected chi connectivity index (χ4v) is 0. The van der Waals surface area contributed by atoms with Crippen LogP contribution >= 0.6 is 0 Å². The molecule has 0 fully saturated rings. The van der Waals surface area contributed by atoms with Gasteiger partial charge in [-0.05, 0) is 0 Å². The van der Waals surface area contributed by atoms with Gasteiger partial charge in [-0.3, -0.25) is 0 Å². The van der Waals surface area contributed by atoms with Crippen LogP contribution in [-0.2, 0) is 0 Å². The van der Waals surface area contributed by atoms with Gasteiger partial charge in [-0.25, -0.2) is 0 Å². The molecule has 0 unspecified atom stereocenters. The first-order chi connectivity index (χ1) is 3.00. The predicted molar refractivity (Wildman–Crippen MR) is 17.8 cm³/mol.